The van der Waals surface area contributed by atoms with Gasteiger partial charge in [-0.1, -0.05) is 30.3 Å². The van der Waals surface area contributed by atoms with Crippen LogP contribution < -0.4 is 5.32 Å². The number of carbonyl (C=O) groups is 1. The molecule has 0 atom stereocenters. The van der Waals surface area contributed by atoms with E-state index >= 15 is 0 Å². The molecule has 0 radical (unpaired) electrons. The molecule has 2 aromatic heterocycles. The fraction of sp³-hybridized carbons (Fsp3) is 0.176. The van der Waals surface area contributed by atoms with Crippen LogP contribution in [-0.2, 0) is 6.42 Å². The number of hydrogen-bond donors (Lipinski definition) is 1. The fourth-order valence-corrected chi connectivity index (χ4v) is 2.73. The van der Waals surface area contributed by atoms with E-state index in [1.54, 1.807) is 23.5 Å². The van der Waals surface area contributed by atoms with Crippen molar-refractivity contribution in [2.75, 3.05) is 6.54 Å². The van der Waals surface area contributed by atoms with Gasteiger partial charge in [-0.3, -0.25) is 4.79 Å². The van der Waals surface area contributed by atoms with E-state index in [-0.39, 0.29) is 5.91 Å². The molecule has 5 heteroatoms. The molecule has 2 heterocycles. The molecule has 0 bridgehead atoms. The Morgan fingerprint density at radius 2 is 2.05 bits per heavy atom. The van der Waals surface area contributed by atoms with Crippen LogP contribution in [0.2, 0.25) is 0 Å². The minimum Gasteiger partial charge on any atom is -0.449 e. The maximum Gasteiger partial charge on any atom is 0.287 e. The van der Waals surface area contributed by atoms with Gasteiger partial charge in [-0.25, -0.2) is 4.98 Å². The van der Waals surface area contributed by atoms with Crippen molar-refractivity contribution in [1.82, 2.24) is 10.3 Å². The SMILES string of the molecule is Cc1nc(-c2ccc(C(=O)NCCc3ccccc3)o2)cs1. The van der Waals surface area contributed by atoms with E-state index < -0.39 is 0 Å². The summed E-state index contributed by atoms with van der Waals surface area (Å²) in [4.78, 5) is 16.4. The number of rotatable bonds is 5. The van der Waals surface area contributed by atoms with Gasteiger partial charge in [0.1, 0.15) is 5.69 Å². The quantitative estimate of drug-likeness (QED) is 0.782. The second-order valence-electron chi connectivity index (χ2n) is 4.91. The normalized spacial score (nSPS) is 10.6. The number of aromatic nitrogens is 1. The summed E-state index contributed by atoms with van der Waals surface area (Å²) in [6, 6.07) is 13.5. The van der Waals surface area contributed by atoms with Gasteiger partial charge in [-0.2, -0.15) is 0 Å². The first-order valence-corrected chi connectivity index (χ1v) is 7.95. The van der Waals surface area contributed by atoms with Gasteiger partial charge in [0.15, 0.2) is 11.5 Å². The second-order valence-corrected chi connectivity index (χ2v) is 5.97. The molecule has 0 spiro atoms. The standard InChI is InChI=1S/C17H16N2O2S/c1-12-19-14(11-22-12)15-7-8-16(21-15)17(20)18-10-9-13-5-3-2-4-6-13/h2-8,11H,9-10H2,1H3,(H,18,20). The number of furan rings is 1. The largest absolute Gasteiger partial charge is 0.449 e. The highest BCUT2D eigenvalue weighted by Crippen LogP contribution is 2.23. The first-order valence-electron chi connectivity index (χ1n) is 7.07. The van der Waals surface area contributed by atoms with Crippen molar-refractivity contribution >= 4 is 17.2 Å². The predicted molar refractivity (Wildman–Crippen MR) is 87.0 cm³/mol. The van der Waals surface area contributed by atoms with E-state index in [2.05, 4.69) is 10.3 Å². The molecule has 1 amide bonds. The van der Waals surface area contributed by atoms with E-state index in [1.807, 2.05) is 42.6 Å². The van der Waals surface area contributed by atoms with E-state index in [1.165, 1.54) is 5.56 Å². The molecule has 0 saturated carbocycles. The molecule has 0 aliphatic heterocycles. The van der Waals surface area contributed by atoms with Crippen LogP contribution in [0.1, 0.15) is 21.1 Å². The Morgan fingerprint density at radius 3 is 2.77 bits per heavy atom. The minimum atomic E-state index is -0.200. The molecular formula is C17H16N2O2S. The monoisotopic (exact) mass is 312 g/mol. The number of benzene rings is 1. The summed E-state index contributed by atoms with van der Waals surface area (Å²) >= 11 is 1.56. The van der Waals surface area contributed by atoms with E-state index in [4.69, 9.17) is 4.42 Å². The fourth-order valence-electron chi connectivity index (χ4n) is 2.13. The summed E-state index contributed by atoms with van der Waals surface area (Å²) in [6.45, 7) is 2.52. The Hall–Kier alpha value is -2.40. The van der Waals surface area contributed by atoms with E-state index in [9.17, 15) is 4.79 Å². The average Bonchev–Trinajstić information content (AvgIpc) is 3.17. The lowest BCUT2D eigenvalue weighted by Crippen LogP contribution is -2.25. The second kappa shape index (κ2) is 6.58. The van der Waals surface area contributed by atoms with Gasteiger partial charge in [0.25, 0.3) is 5.91 Å². The molecular weight excluding hydrogens is 296 g/mol. The van der Waals surface area contributed by atoms with Gasteiger partial charge >= 0.3 is 0 Å². The predicted octanol–water partition coefficient (Wildman–Crippen LogP) is 3.68. The molecule has 112 valence electrons. The number of carbonyl (C=O) groups excluding carboxylic acids is 1. The third-order valence-electron chi connectivity index (χ3n) is 3.24. The van der Waals surface area contributed by atoms with Crippen molar-refractivity contribution in [2.45, 2.75) is 13.3 Å². The molecule has 0 unspecified atom stereocenters. The van der Waals surface area contributed by atoms with Crippen LogP contribution in [0.25, 0.3) is 11.5 Å². The van der Waals surface area contributed by atoms with E-state index in [0.717, 1.165) is 17.1 Å². The van der Waals surface area contributed by atoms with Gasteiger partial charge in [0.2, 0.25) is 0 Å². The average molecular weight is 312 g/mol. The molecule has 0 aliphatic rings. The number of aryl methyl sites for hydroxylation is 1. The first kappa shape index (κ1) is 14.5. The zero-order valence-corrected chi connectivity index (χ0v) is 13.0. The topological polar surface area (TPSA) is 55.1 Å². The van der Waals surface area contributed by atoms with Crippen LogP contribution in [0.5, 0.6) is 0 Å². The van der Waals surface area contributed by atoms with Crippen molar-refractivity contribution in [2.24, 2.45) is 0 Å². The van der Waals surface area contributed by atoms with Crippen LogP contribution in [0.4, 0.5) is 0 Å². The first-order chi connectivity index (χ1) is 10.7. The Morgan fingerprint density at radius 1 is 1.23 bits per heavy atom. The van der Waals surface area contributed by atoms with Crippen molar-refractivity contribution < 1.29 is 9.21 Å². The minimum absolute atomic E-state index is 0.200. The summed E-state index contributed by atoms with van der Waals surface area (Å²) in [6.07, 6.45) is 0.797. The highest BCUT2D eigenvalue weighted by atomic mass is 32.1. The summed E-state index contributed by atoms with van der Waals surface area (Å²) in [7, 11) is 0. The Kier molecular flexibility index (Phi) is 4.34. The van der Waals surface area contributed by atoms with Crippen molar-refractivity contribution in [3.05, 3.63) is 64.2 Å². The molecule has 3 rings (SSSR count). The third-order valence-corrected chi connectivity index (χ3v) is 4.02. The zero-order chi connectivity index (χ0) is 15.4. The lowest BCUT2D eigenvalue weighted by molar-refractivity contribution is 0.0927. The van der Waals surface area contributed by atoms with Crippen LogP contribution in [0.3, 0.4) is 0 Å². The molecule has 3 aromatic rings. The number of nitrogens with one attached hydrogen (secondary N) is 1. The number of thiazole rings is 1. The molecule has 22 heavy (non-hydrogen) atoms. The molecule has 0 saturated heterocycles. The maximum atomic E-state index is 12.1. The lowest BCUT2D eigenvalue weighted by Gasteiger charge is -2.03. The summed E-state index contributed by atoms with van der Waals surface area (Å²) in [5, 5.41) is 5.76. The Labute approximate surface area is 132 Å². The highest BCUT2D eigenvalue weighted by Gasteiger charge is 2.13. The van der Waals surface area contributed by atoms with Crippen LogP contribution in [0.15, 0.2) is 52.3 Å². The van der Waals surface area contributed by atoms with Gasteiger partial charge in [-0.15, -0.1) is 11.3 Å². The number of amides is 1. The molecule has 4 nitrogen and oxygen atoms in total. The lowest BCUT2D eigenvalue weighted by atomic mass is 10.1. The van der Waals surface area contributed by atoms with Crippen LogP contribution >= 0.6 is 11.3 Å². The van der Waals surface area contributed by atoms with Gasteiger partial charge in [-0.05, 0) is 31.0 Å². The van der Waals surface area contributed by atoms with Gasteiger partial charge < -0.3 is 9.73 Å². The molecule has 0 fully saturated rings. The van der Waals surface area contributed by atoms with E-state index in [0.29, 0.717) is 18.1 Å². The Bertz CT molecular complexity index is 762. The summed E-state index contributed by atoms with van der Waals surface area (Å²) in [5.74, 6) is 0.736. The van der Waals surface area contributed by atoms with Crippen LogP contribution in [-0.4, -0.2) is 17.4 Å². The van der Waals surface area contributed by atoms with Crippen molar-refractivity contribution in [1.29, 1.82) is 0 Å². The smallest absolute Gasteiger partial charge is 0.287 e. The number of nitrogens with zero attached hydrogens (tertiary/aromatic N) is 1. The molecule has 1 N–H and O–H groups in total. The van der Waals surface area contributed by atoms with Crippen molar-refractivity contribution in [3.63, 3.8) is 0 Å². The maximum absolute atomic E-state index is 12.1. The van der Waals surface area contributed by atoms with Gasteiger partial charge in [0.05, 0.1) is 5.01 Å². The summed E-state index contributed by atoms with van der Waals surface area (Å²) < 4.78 is 5.58. The third kappa shape index (κ3) is 3.43. The molecule has 0 aliphatic carbocycles. The summed E-state index contributed by atoms with van der Waals surface area (Å²) in [5.41, 5.74) is 1.96. The Balaban J connectivity index is 1.58. The number of hydrogen-bond acceptors (Lipinski definition) is 4. The molecule has 1 aromatic carbocycles. The highest BCUT2D eigenvalue weighted by molar-refractivity contribution is 7.09. The zero-order valence-electron chi connectivity index (χ0n) is 12.2. The van der Waals surface area contributed by atoms with Gasteiger partial charge in [0, 0.05) is 11.9 Å². The van der Waals surface area contributed by atoms with Crippen LogP contribution in [0, 0.1) is 6.92 Å². The van der Waals surface area contributed by atoms with Crippen molar-refractivity contribution in [3.8, 4) is 11.5 Å².